The van der Waals surface area contributed by atoms with E-state index in [1.165, 1.54) is 23.3 Å². The molecular formula is C13H18ClNOS. The minimum atomic E-state index is 0.429. The minimum Gasteiger partial charge on any atom is -0.377 e. The fraction of sp³-hybridized carbons (Fsp3) is 0.538. The first-order valence-electron chi connectivity index (χ1n) is 5.97. The molecule has 1 atom stereocenters. The van der Waals surface area contributed by atoms with E-state index >= 15 is 0 Å². The van der Waals surface area contributed by atoms with Crippen molar-refractivity contribution >= 4 is 23.4 Å². The van der Waals surface area contributed by atoms with Crippen molar-refractivity contribution in [3.8, 4) is 0 Å². The number of rotatable bonds is 5. The third-order valence-corrected chi connectivity index (χ3v) is 4.32. The maximum atomic E-state index is 6.02. The molecule has 1 unspecified atom stereocenters. The molecule has 1 N–H and O–H groups in total. The smallest absolute Gasteiger partial charge is 0.0669 e. The molecule has 2 rings (SSSR count). The fourth-order valence-corrected chi connectivity index (χ4v) is 3.28. The molecule has 0 aliphatic carbocycles. The van der Waals surface area contributed by atoms with E-state index < -0.39 is 0 Å². The Labute approximate surface area is 112 Å². The molecule has 0 bridgehead atoms. The van der Waals surface area contributed by atoms with E-state index in [0.29, 0.717) is 6.10 Å². The third-order valence-electron chi connectivity index (χ3n) is 2.84. The van der Waals surface area contributed by atoms with Gasteiger partial charge in [0, 0.05) is 28.8 Å². The van der Waals surface area contributed by atoms with Crippen LogP contribution in [0.3, 0.4) is 0 Å². The number of hydrogen-bond acceptors (Lipinski definition) is 3. The van der Waals surface area contributed by atoms with Gasteiger partial charge in [-0.15, -0.1) is 11.8 Å². The second-order valence-electron chi connectivity index (χ2n) is 4.23. The topological polar surface area (TPSA) is 21.3 Å². The van der Waals surface area contributed by atoms with Crippen LogP contribution in [-0.4, -0.2) is 25.5 Å². The van der Waals surface area contributed by atoms with Crippen molar-refractivity contribution in [1.29, 1.82) is 0 Å². The zero-order valence-corrected chi connectivity index (χ0v) is 11.6. The van der Waals surface area contributed by atoms with Crippen molar-refractivity contribution in [3.05, 3.63) is 28.8 Å². The van der Waals surface area contributed by atoms with Crippen LogP contribution in [0.5, 0.6) is 0 Å². The monoisotopic (exact) mass is 271 g/mol. The SMILES string of the molecule is CNCc1cc(Cl)ccc1SCC1CCCO1. The molecular weight excluding hydrogens is 254 g/mol. The predicted octanol–water partition coefficient (Wildman–Crippen LogP) is 3.33. The van der Waals surface area contributed by atoms with Crippen LogP contribution in [0, 0.1) is 0 Å². The lowest BCUT2D eigenvalue weighted by Gasteiger charge is -2.12. The van der Waals surface area contributed by atoms with Crippen molar-refractivity contribution in [2.24, 2.45) is 0 Å². The third kappa shape index (κ3) is 3.88. The van der Waals surface area contributed by atoms with Crippen LogP contribution in [-0.2, 0) is 11.3 Å². The Hall–Kier alpha value is -0.220. The molecule has 0 saturated carbocycles. The Morgan fingerprint density at radius 1 is 1.53 bits per heavy atom. The molecule has 17 heavy (non-hydrogen) atoms. The van der Waals surface area contributed by atoms with Crippen LogP contribution in [0.4, 0.5) is 0 Å². The zero-order valence-electron chi connectivity index (χ0n) is 10.0. The number of ether oxygens (including phenoxy) is 1. The molecule has 1 aliphatic rings. The van der Waals surface area contributed by atoms with Gasteiger partial charge in [0.25, 0.3) is 0 Å². The average Bonchev–Trinajstić information content (AvgIpc) is 2.81. The molecule has 0 aromatic heterocycles. The largest absolute Gasteiger partial charge is 0.377 e. The molecule has 94 valence electrons. The molecule has 4 heteroatoms. The Balaban J connectivity index is 1.98. The quantitative estimate of drug-likeness (QED) is 0.830. The number of nitrogens with one attached hydrogen (secondary N) is 1. The summed E-state index contributed by atoms with van der Waals surface area (Å²) in [7, 11) is 1.95. The first-order valence-corrected chi connectivity index (χ1v) is 7.33. The van der Waals surface area contributed by atoms with Crippen molar-refractivity contribution in [1.82, 2.24) is 5.32 Å². The van der Waals surface area contributed by atoms with Gasteiger partial charge in [-0.05, 0) is 43.7 Å². The molecule has 1 aromatic rings. The van der Waals surface area contributed by atoms with Crippen LogP contribution < -0.4 is 5.32 Å². The highest BCUT2D eigenvalue weighted by Gasteiger charge is 2.16. The molecule has 1 saturated heterocycles. The van der Waals surface area contributed by atoms with Crippen molar-refractivity contribution in [2.75, 3.05) is 19.4 Å². The number of benzene rings is 1. The molecule has 1 fully saturated rings. The van der Waals surface area contributed by atoms with Gasteiger partial charge in [0.15, 0.2) is 0 Å². The number of halogens is 1. The maximum absolute atomic E-state index is 6.02. The van der Waals surface area contributed by atoms with E-state index in [-0.39, 0.29) is 0 Å². The summed E-state index contributed by atoms with van der Waals surface area (Å²) < 4.78 is 5.64. The van der Waals surface area contributed by atoms with Gasteiger partial charge < -0.3 is 10.1 Å². The summed E-state index contributed by atoms with van der Waals surface area (Å²) in [6.45, 7) is 1.78. The van der Waals surface area contributed by atoms with Crippen LogP contribution in [0.15, 0.2) is 23.1 Å². The Bertz CT molecular complexity index is 366. The first kappa shape index (κ1) is 13.2. The summed E-state index contributed by atoms with van der Waals surface area (Å²) in [6, 6.07) is 6.10. The second-order valence-corrected chi connectivity index (χ2v) is 5.73. The second kappa shape index (κ2) is 6.64. The highest BCUT2D eigenvalue weighted by atomic mass is 35.5. The summed E-state index contributed by atoms with van der Waals surface area (Å²) in [6.07, 6.45) is 2.83. The highest BCUT2D eigenvalue weighted by molar-refractivity contribution is 7.99. The summed E-state index contributed by atoms with van der Waals surface area (Å²) in [5.41, 5.74) is 1.27. The lowest BCUT2D eigenvalue weighted by Crippen LogP contribution is -2.09. The van der Waals surface area contributed by atoms with Gasteiger partial charge in [-0.1, -0.05) is 11.6 Å². The molecule has 2 nitrogen and oxygen atoms in total. The van der Waals surface area contributed by atoms with Gasteiger partial charge in [-0.25, -0.2) is 0 Å². The van der Waals surface area contributed by atoms with E-state index in [9.17, 15) is 0 Å². The standard InChI is InChI=1S/C13H18ClNOS/c1-15-8-10-7-11(14)4-5-13(10)17-9-12-3-2-6-16-12/h4-5,7,12,15H,2-3,6,8-9H2,1H3. The van der Waals surface area contributed by atoms with Crippen molar-refractivity contribution in [2.45, 2.75) is 30.4 Å². The molecule has 1 aromatic carbocycles. The van der Waals surface area contributed by atoms with E-state index in [1.54, 1.807) is 0 Å². The van der Waals surface area contributed by atoms with Gasteiger partial charge in [-0.2, -0.15) is 0 Å². The molecule has 0 spiro atoms. The molecule has 0 radical (unpaired) electrons. The van der Waals surface area contributed by atoms with E-state index in [0.717, 1.165) is 23.9 Å². The van der Waals surface area contributed by atoms with Crippen LogP contribution in [0.25, 0.3) is 0 Å². The Kier molecular flexibility index (Phi) is 5.16. The fourth-order valence-electron chi connectivity index (χ4n) is 1.98. The predicted molar refractivity (Wildman–Crippen MR) is 73.9 cm³/mol. The summed E-state index contributed by atoms with van der Waals surface area (Å²) in [5, 5.41) is 3.98. The minimum absolute atomic E-state index is 0.429. The van der Waals surface area contributed by atoms with E-state index in [4.69, 9.17) is 16.3 Å². The number of thioether (sulfide) groups is 1. The Morgan fingerprint density at radius 2 is 2.41 bits per heavy atom. The maximum Gasteiger partial charge on any atom is 0.0669 e. The van der Waals surface area contributed by atoms with Crippen molar-refractivity contribution < 1.29 is 4.74 Å². The number of hydrogen-bond donors (Lipinski definition) is 1. The van der Waals surface area contributed by atoms with Gasteiger partial charge in [0.05, 0.1) is 6.10 Å². The molecule has 1 heterocycles. The van der Waals surface area contributed by atoms with Gasteiger partial charge >= 0.3 is 0 Å². The van der Waals surface area contributed by atoms with Crippen molar-refractivity contribution in [3.63, 3.8) is 0 Å². The van der Waals surface area contributed by atoms with E-state index in [2.05, 4.69) is 11.4 Å². The van der Waals surface area contributed by atoms with Crippen LogP contribution >= 0.6 is 23.4 Å². The van der Waals surface area contributed by atoms with Crippen LogP contribution in [0.1, 0.15) is 18.4 Å². The Morgan fingerprint density at radius 3 is 3.12 bits per heavy atom. The van der Waals surface area contributed by atoms with Crippen LogP contribution in [0.2, 0.25) is 5.02 Å². The summed E-state index contributed by atoms with van der Waals surface area (Å²) >= 11 is 7.89. The van der Waals surface area contributed by atoms with Gasteiger partial charge in [0.1, 0.15) is 0 Å². The molecule has 0 amide bonds. The normalized spacial score (nSPS) is 19.8. The first-order chi connectivity index (χ1) is 8.29. The lowest BCUT2D eigenvalue weighted by molar-refractivity contribution is 0.129. The van der Waals surface area contributed by atoms with Gasteiger partial charge in [0.2, 0.25) is 0 Å². The lowest BCUT2D eigenvalue weighted by atomic mass is 10.2. The molecule has 1 aliphatic heterocycles. The summed E-state index contributed by atoms with van der Waals surface area (Å²) in [4.78, 5) is 1.30. The summed E-state index contributed by atoms with van der Waals surface area (Å²) in [5.74, 6) is 1.04. The van der Waals surface area contributed by atoms with E-state index in [1.807, 2.05) is 30.9 Å². The zero-order chi connectivity index (χ0) is 12.1. The van der Waals surface area contributed by atoms with Gasteiger partial charge in [-0.3, -0.25) is 0 Å². The average molecular weight is 272 g/mol. The highest BCUT2D eigenvalue weighted by Crippen LogP contribution is 2.28.